The lowest BCUT2D eigenvalue weighted by Gasteiger charge is -2.42. The molecule has 6 nitrogen and oxygen atoms in total. The van der Waals surface area contributed by atoms with E-state index in [1.54, 1.807) is 65.8 Å². The molecule has 2 aromatic carbocycles. The maximum absolute atomic E-state index is 11.8. The summed E-state index contributed by atoms with van der Waals surface area (Å²) >= 11 is 6.02. The summed E-state index contributed by atoms with van der Waals surface area (Å²) in [4.78, 5) is 4.67. The van der Waals surface area contributed by atoms with E-state index in [1.165, 1.54) is 6.33 Å². The summed E-state index contributed by atoms with van der Waals surface area (Å²) in [6.45, 7) is 3.76. The number of rotatable bonds is 7. The number of ether oxygens (including phenoxy) is 1. The zero-order valence-electron chi connectivity index (χ0n) is 15.9. The normalized spacial score (nSPS) is 15.0. The van der Waals surface area contributed by atoms with Gasteiger partial charge in [0, 0.05) is 27.0 Å². The average Bonchev–Trinajstić information content (AvgIpc) is 3.15. The Bertz CT molecular complexity index is 944. The third kappa shape index (κ3) is 4.27. The predicted molar refractivity (Wildman–Crippen MR) is 109 cm³/mol. The van der Waals surface area contributed by atoms with Crippen molar-refractivity contribution in [1.82, 2.24) is 14.8 Å². The number of aromatic nitrogens is 3. The molecule has 0 spiro atoms. The van der Waals surface area contributed by atoms with Crippen molar-refractivity contribution >= 4 is 22.4 Å². The van der Waals surface area contributed by atoms with Gasteiger partial charge in [0.1, 0.15) is 29.6 Å². The van der Waals surface area contributed by atoms with Gasteiger partial charge in [-0.2, -0.15) is 5.10 Å². The molecule has 0 aliphatic heterocycles. The van der Waals surface area contributed by atoms with E-state index < -0.39 is 22.0 Å². The fourth-order valence-electron chi connectivity index (χ4n) is 2.98. The van der Waals surface area contributed by atoms with Gasteiger partial charge in [-0.05, 0) is 55.8 Å². The maximum atomic E-state index is 11.8. The minimum atomic E-state index is -1.43. The number of nitrogens with zero attached hydrogens (tertiary/aromatic N) is 3. The zero-order chi connectivity index (χ0) is 20.4. The van der Waals surface area contributed by atoms with Gasteiger partial charge in [0.2, 0.25) is 0 Å². The first-order valence-corrected chi connectivity index (χ1v) is 10.6. The van der Waals surface area contributed by atoms with Crippen molar-refractivity contribution in [2.24, 2.45) is 0 Å². The van der Waals surface area contributed by atoms with Gasteiger partial charge < -0.3 is 9.84 Å². The molecule has 28 heavy (non-hydrogen) atoms. The second kappa shape index (κ2) is 8.03. The molecule has 0 aliphatic carbocycles. The van der Waals surface area contributed by atoms with Crippen LogP contribution in [0.1, 0.15) is 19.4 Å². The van der Waals surface area contributed by atoms with Crippen LogP contribution in [0.15, 0.2) is 66.1 Å². The predicted octanol–water partition coefficient (Wildman–Crippen LogP) is 3.41. The molecule has 0 saturated heterocycles. The molecule has 1 heterocycles. The standard InChI is InChI=1S/C20H22ClN3O3S/c1-19(2,27-17-8-10-18(11-9-17)28(3)26)20(25,12-24-14-22-13-23-24)15-4-6-16(21)7-5-15/h4-11,13-14,25H,12H2,1-3H3. The number of benzene rings is 2. The summed E-state index contributed by atoms with van der Waals surface area (Å²) in [5, 5.41) is 16.5. The molecule has 0 radical (unpaired) electrons. The number of hydrogen-bond donors (Lipinski definition) is 1. The van der Waals surface area contributed by atoms with Crippen LogP contribution in [0.2, 0.25) is 5.02 Å². The topological polar surface area (TPSA) is 77.2 Å². The first-order chi connectivity index (χ1) is 13.2. The Morgan fingerprint density at radius 1 is 1.14 bits per heavy atom. The molecule has 2 unspecified atom stereocenters. The number of hydrogen-bond acceptors (Lipinski definition) is 5. The van der Waals surface area contributed by atoms with Crippen LogP contribution >= 0.6 is 11.6 Å². The zero-order valence-corrected chi connectivity index (χ0v) is 17.4. The molecule has 0 amide bonds. The Morgan fingerprint density at radius 2 is 1.79 bits per heavy atom. The van der Waals surface area contributed by atoms with Crippen molar-refractivity contribution in [2.75, 3.05) is 6.26 Å². The van der Waals surface area contributed by atoms with E-state index in [1.807, 2.05) is 13.8 Å². The van der Waals surface area contributed by atoms with Crippen molar-refractivity contribution in [3.8, 4) is 5.75 Å². The lowest BCUT2D eigenvalue weighted by molar-refractivity contribution is -0.133. The van der Waals surface area contributed by atoms with Crippen LogP contribution < -0.4 is 4.74 Å². The molecule has 148 valence electrons. The van der Waals surface area contributed by atoms with Gasteiger partial charge in [0.15, 0.2) is 0 Å². The van der Waals surface area contributed by atoms with Crippen LogP contribution in [0.25, 0.3) is 0 Å². The highest BCUT2D eigenvalue weighted by molar-refractivity contribution is 7.84. The molecule has 3 aromatic rings. The quantitative estimate of drug-likeness (QED) is 0.635. The number of halogens is 1. The van der Waals surface area contributed by atoms with E-state index in [2.05, 4.69) is 10.1 Å². The molecular formula is C20H22ClN3O3S. The van der Waals surface area contributed by atoms with Crippen LogP contribution in [-0.2, 0) is 22.9 Å². The van der Waals surface area contributed by atoms with Crippen molar-refractivity contribution < 1.29 is 14.1 Å². The van der Waals surface area contributed by atoms with Crippen LogP contribution in [-0.4, -0.2) is 35.9 Å². The van der Waals surface area contributed by atoms with Crippen LogP contribution in [0.4, 0.5) is 0 Å². The summed E-state index contributed by atoms with van der Waals surface area (Å²) in [6, 6.07) is 14.0. The summed E-state index contributed by atoms with van der Waals surface area (Å²) in [5.41, 5.74) is -1.83. The maximum Gasteiger partial charge on any atom is 0.148 e. The second-order valence-electron chi connectivity index (χ2n) is 7.00. The van der Waals surface area contributed by atoms with E-state index in [4.69, 9.17) is 16.3 Å². The van der Waals surface area contributed by atoms with Gasteiger partial charge in [0.25, 0.3) is 0 Å². The summed E-state index contributed by atoms with van der Waals surface area (Å²) in [6.07, 6.45) is 4.58. The van der Waals surface area contributed by atoms with E-state index in [-0.39, 0.29) is 6.54 Å². The minimum Gasteiger partial charge on any atom is -0.484 e. The summed E-state index contributed by atoms with van der Waals surface area (Å²) in [5.74, 6) is 0.560. The molecule has 2 atom stereocenters. The Kier molecular flexibility index (Phi) is 5.88. The Labute approximate surface area is 171 Å². The van der Waals surface area contributed by atoms with Crippen LogP contribution in [0.5, 0.6) is 5.75 Å². The average molecular weight is 420 g/mol. The third-order valence-corrected chi connectivity index (χ3v) is 5.89. The van der Waals surface area contributed by atoms with Gasteiger partial charge in [-0.1, -0.05) is 23.7 Å². The van der Waals surface area contributed by atoms with E-state index in [0.29, 0.717) is 21.2 Å². The van der Waals surface area contributed by atoms with Gasteiger partial charge >= 0.3 is 0 Å². The molecule has 1 N–H and O–H groups in total. The lowest BCUT2D eigenvalue weighted by atomic mass is 9.79. The minimum absolute atomic E-state index is 0.138. The lowest BCUT2D eigenvalue weighted by Crippen LogP contribution is -2.54. The smallest absolute Gasteiger partial charge is 0.148 e. The highest BCUT2D eigenvalue weighted by Crippen LogP contribution is 2.38. The largest absolute Gasteiger partial charge is 0.484 e. The van der Waals surface area contributed by atoms with Gasteiger partial charge in [-0.15, -0.1) is 0 Å². The highest BCUT2D eigenvalue weighted by Gasteiger charge is 2.48. The third-order valence-electron chi connectivity index (χ3n) is 4.70. The molecule has 0 fully saturated rings. The van der Waals surface area contributed by atoms with Gasteiger partial charge in [-0.25, -0.2) is 9.67 Å². The van der Waals surface area contributed by atoms with Crippen molar-refractivity contribution in [3.63, 3.8) is 0 Å². The summed E-state index contributed by atoms with van der Waals surface area (Å²) < 4.78 is 19.3. The van der Waals surface area contributed by atoms with E-state index in [9.17, 15) is 9.32 Å². The van der Waals surface area contributed by atoms with Gasteiger partial charge in [-0.3, -0.25) is 4.21 Å². The molecule has 3 rings (SSSR count). The second-order valence-corrected chi connectivity index (χ2v) is 8.81. The van der Waals surface area contributed by atoms with E-state index in [0.717, 1.165) is 0 Å². The first-order valence-electron chi connectivity index (χ1n) is 8.65. The Balaban J connectivity index is 1.97. The van der Waals surface area contributed by atoms with Crippen molar-refractivity contribution in [2.45, 2.75) is 36.5 Å². The Hall–Kier alpha value is -2.22. The molecule has 0 aliphatic rings. The molecule has 1 aromatic heterocycles. The van der Waals surface area contributed by atoms with Crippen LogP contribution in [0, 0.1) is 0 Å². The van der Waals surface area contributed by atoms with Crippen molar-refractivity contribution in [3.05, 3.63) is 71.8 Å². The number of aliphatic hydroxyl groups is 1. The van der Waals surface area contributed by atoms with Crippen molar-refractivity contribution in [1.29, 1.82) is 0 Å². The first kappa shape index (κ1) is 20.5. The van der Waals surface area contributed by atoms with E-state index >= 15 is 0 Å². The molecular weight excluding hydrogens is 398 g/mol. The Morgan fingerprint density at radius 3 is 2.32 bits per heavy atom. The monoisotopic (exact) mass is 419 g/mol. The SMILES string of the molecule is CS(=O)c1ccc(OC(C)(C)C(O)(Cn2cncn2)c2ccc(Cl)cc2)cc1. The fraction of sp³-hybridized carbons (Fsp3) is 0.300. The molecule has 0 saturated carbocycles. The molecule has 8 heteroatoms. The molecule has 0 bridgehead atoms. The highest BCUT2D eigenvalue weighted by atomic mass is 35.5. The fourth-order valence-corrected chi connectivity index (χ4v) is 3.63. The summed E-state index contributed by atoms with van der Waals surface area (Å²) in [7, 11) is -1.07. The van der Waals surface area contributed by atoms with Gasteiger partial charge in [0.05, 0.1) is 6.54 Å². The van der Waals surface area contributed by atoms with Crippen LogP contribution in [0.3, 0.4) is 0 Å².